The van der Waals surface area contributed by atoms with Crippen LogP contribution >= 0.6 is 0 Å². The molecule has 1 aromatic rings. The van der Waals surface area contributed by atoms with Gasteiger partial charge in [0.05, 0.1) is 0 Å². The Balaban J connectivity index is 2.51. The molecule has 0 heterocycles. The van der Waals surface area contributed by atoms with Crippen LogP contribution in [0.25, 0.3) is 0 Å². The third-order valence-electron chi connectivity index (χ3n) is 2.00. The van der Waals surface area contributed by atoms with Crippen LogP contribution in [0.1, 0.15) is 18.9 Å². The van der Waals surface area contributed by atoms with Gasteiger partial charge in [-0.2, -0.15) is 0 Å². The fourth-order valence-corrected chi connectivity index (χ4v) is 1.18. The fourth-order valence-electron chi connectivity index (χ4n) is 1.18. The monoisotopic (exact) mass is 165 g/mol. The predicted molar refractivity (Wildman–Crippen MR) is 49.1 cm³/mol. The normalized spacial score (nSPS) is 12.8. The maximum absolute atomic E-state index is 8.74. The number of nitrogens with one attached hydrogen (secondary N) is 1. The topological polar surface area (TPSA) is 32.3 Å². The Morgan fingerprint density at radius 1 is 1.33 bits per heavy atom. The maximum atomic E-state index is 8.74. The lowest BCUT2D eigenvalue weighted by Crippen LogP contribution is -2.26. The Morgan fingerprint density at radius 2 is 2.00 bits per heavy atom. The van der Waals surface area contributed by atoms with Crippen molar-refractivity contribution in [3.63, 3.8) is 0 Å². The van der Waals surface area contributed by atoms with Crippen LogP contribution in [0.2, 0.25) is 0 Å². The molecule has 2 heteroatoms. The minimum absolute atomic E-state index is 0.174. The molecule has 0 saturated carbocycles. The van der Waals surface area contributed by atoms with Crippen molar-refractivity contribution in [1.29, 1.82) is 0 Å². The number of hydroxylamine groups is 1. The Hall–Kier alpha value is -0.860. The highest BCUT2D eigenvalue weighted by Crippen LogP contribution is 2.04. The summed E-state index contributed by atoms with van der Waals surface area (Å²) < 4.78 is 0. The van der Waals surface area contributed by atoms with Crippen LogP contribution in [0.3, 0.4) is 0 Å². The smallest absolute Gasteiger partial charge is 0.0357 e. The van der Waals surface area contributed by atoms with Gasteiger partial charge in [0.25, 0.3) is 0 Å². The van der Waals surface area contributed by atoms with E-state index in [0.717, 1.165) is 12.8 Å². The van der Waals surface area contributed by atoms with Gasteiger partial charge < -0.3 is 5.21 Å². The fraction of sp³-hybridized carbons (Fsp3) is 0.400. The van der Waals surface area contributed by atoms with E-state index in [1.165, 1.54) is 5.56 Å². The van der Waals surface area contributed by atoms with Gasteiger partial charge in [-0.05, 0) is 18.4 Å². The minimum Gasteiger partial charge on any atom is -0.317 e. The first-order valence-electron chi connectivity index (χ1n) is 4.30. The van der Waals surface area contributed by atoms with Gasteiger partial charge in [0.2, 0.25) is 0 Å². The zero-order chi connectivity index (χ0) is 8.81. The van der Waals surface area contributed by atoms with Crippen molar-refractivity contribution in [2.24, 2.45) is 0 Å². The molecule has 0 aliphatic carbocycles. The van der Waals surface area contributed by atoms with E-state index in [4.69, 9.17) is 5.21 Å². The number of benzene rings is 1. The second kappa shape index (κ2) is 4.91. The average Bonchev–Trinajstić information content (AvgIpc) is 2.16. The molecule has 0 spiro atoms. The predicted octanol–water partition coefficient (Wildman–Crippen LogP) is 1.99. The molecule has 2 N–H and O–H groups in total. The lowest BCUT2D eigenvalue weighted by Gasteiger charge is -2.11. The highest BCUT2D eigenvalue weighted by molar-refractivity contribution is 5.15. The van der Waals surface area contributed by atoms with Crippen LogP contribution in [0.4, 0.5) is 0 Å². The Kier molecular flexibility index (Phi) is 3.77. The van der Waals surface area contributed by atoms with Crippen LogP contribution in [0.5, 0.6) is 0 Å². The lowest BCUT2D eigenvalue weighted by atomic mass is 10.1. The summed E-state index contributed by atoms with van der Waals surface area (Å²) in [7, 11) is 0. The van der Waals surface area contributed by atoms with E-state index in [1.807, 2.05) is 18.2 Å². The Morgan fingerprint density at radius 3 is 2.50 bits per heavy atom. The Labute approximate surface area is 73.2 Å². The lowest BCUT2D eigenvalue weighted by molar-refractivity contribution is 0.123. The molecule has 12 heavy (non-hydrogen) atoms. The van der Waals surface area contributed by atoms with Crippen molar-refractivity contribution in [1.82, 2.24) is 5.48 Å². The van der Waals surface area contributed by atoms with E-state index in [-0.39, 0.29) is 6.04 Å². The van der Waals surface area contributed by atoms with Crippen LogP contribution in [0, 0.1) is 0 Å². The van der Waals surface area contributed by atoms with E-state index in [1.54, 1.807) is 0 Å². The van der Waals surface area contributed by atoms with E-state index in [9.17, 15) is 0 Å². The molecular formula is C10H15NO. The largest absolute Gasteiger partial charge is 0.317 e. The van der Waals surface area contributed by atoms with Gasteiger partial charge in [0.15, 0.2) is 0 Å². The molecule has 0 amide bonds. The average molecular weight is 165 g/mol. The first-order chi connectivity index (χ1) is 5.86. The highest BCUT2D eigenvalue weighted by atomic mass is 16.5. The van der Waals surface area contributed by atoms with Crippen LogP contribution < -0.4 is 5.48 Å². The summed E-state index contributed by atoms with van der Waals surface area (Å²) in [6.45, 7) is 2.05. The minimum atomic E-state index is 0.174. The first-order valence-corrected chi connectivity index (χ1v) is 4.30. The standard InChI is InChI=1S/C10H15NO/c1-2-10(11-12)8-9-6-4-3-5-7-9/h3-7,10-12H,2,8H2,1H3. The van der Waals surface area contributed by atoms with E-state index in [2.05, 4.69) is 24.5 Å². The van der Waals surface area contributed by atoms with Crippen molar-refractivity contribution in [3.8, 4) is 0 Å². The number of rotatable bonds is 4. The zero-order valence-electron chi connectivity index (χ0n) is 7.33. The van der Waals surface area contributed by atoms with Gasteiger partial charge >= 0.3 is 0 Å². The van der Waals surface area contributed by atoms with Gasteiger partial charge in [-0.15, -0.1) is 0 Å². The molecule has 1 atom stereocenters. The molecule has 0 bridgehead atoms. The van der Waals surface area contributed by atoms with Gasteiger partial charge in [-0.3, -0.25) is 0 Å². The molecule has 0 aromatic heterocycles. The van der Waals surface area contributed by atoms with E-state index >= 15 is 0 Å². The van der Waals surface area contributed by atoms with E-state index < -0.39 is 0 Å². The molecule has 0 aliphatic heterocycles. The van der Waals surface area contributed by atoms with Gasteiger partial charge in [-0.25, -0.2) is 5.48 Å². The first kappa shape index (κ1) is 9.23. The van der Waals surface area contributed by atoms with Crippen molar-refractivity contribution in [3.05, 3.63) is 35.9 Å². The van der Waals surface area contributed by atoms with Gasteiger partial charge in [-0.1, -0.05) is 37.3 Å². The van der Waals surface area contributed by atoms with Crippen LogP contribution in [-0.4, -0.2) is 11.2 Å². The summed E-state index contributed by atoms with van der Waals surface area (Å²) in [6.07, 6.45) is 1.82. The van der Waals surface area contributed by atoms with Crippen molar-refractivity contribution < 1.29 is 5.21 Å². The molecular weight excluding hydrogens is 150 g/mol. The molecule has 0 saturated heterocycles. The second-order valence-corrected chi connectivity index (χ2v) is 2.92. The molecule has 1 rings (SSSR count). The quantitative estimate of drug-likeness (QED) is 0.669. The molecule has 0 fully saturated rings. The summed E-state index contributed by atoms with van der Waals surface area (Å²) in [5.74, 6) is 0. The summed E-state index contributed by atoms with van der Waals surface area (Å²) in [5, 5.41) is 8.74. The van der Waals surface area contributed by atoms with Crippen molar-refractivity contribution >= 4 is 0 Å². The summed E-state index contributed by atoms with van der Waals surface area (Å²) >= 11 is 0. The molecule has 0 radical (unpaired) electrons. The van der Waals surface area contributed by atoms with E-state index in [0.29, 0.717) is 0 Å². The van der Waals surface area contributed by atoms with Crippen LogP contribution in [-0.2, 0) is 6.42 Å². The SMILES string of the molecule is CCC(Cc1ccccc1)NO. The third-order valence-corrected chi connectivity index (χ3v) is 2.00. The number of hydrogen-bond donors (Lipinski definition) is 2. The highest BCUT2D eigenvalue weighted by Gasteiger charge is 2.03. The van der Waals surface area contributed by atoms with Gasteiger partial charge in [0.1, 0.15) is 0 Å². The van der Waals surface area contributed by atoms with Crippen molar-refractivity contribution in [2.75, 3.05) is 0 Å². The molecule has 2 nitrogen and oxygen atoms in total. The molecule has 1 aromatic carbocycles. The maximum Gasteiger partial charge on any atom is 0.0357 e. The van der Waals surface area contributed by atoms with Crippen LogP contribution in [0.15, 0.2) is 30.3 Å². The summed E-state index contributed by atoms with van der Waals surface area (Å²) in [4.78, 5) is 0. The zero-order valence-corrected chi connectivity index (χ0v) is 7.33. The molecule has 66 valence electrons. The third kappa shape index (κ3) is 2.64. The molecule has 1 unspecified atom stereocenters. The Bertz CT molecular complexity index is 206. The van der Waals surface area contributed by atoms with Crippen molar-refractivity contribution in [2.45, 2.75) is 25.8 Å². The molecule has 0 aliphatic rings. The summed E-state index contributed by atoms with van der Waals surface area (Å²) in [6, 6.07) is 10.3. The summed E-state index contributed by atoms with van der Waals surface area (Å²) in [5.41, 5.74) is 3.56. The second-order valence-electron chi connectivity index (χ2n) is 2.92. The number of hydrogen-bond acceptors (Lipinski definition) is 2. The van der Waals surface area contributed by atoms with Gasteiger partial charge in [0, 0.05) is 6.04 Å².